The second-order valence-electron chi connectivity index (χ2n) is 13.8. The second-order valence-corrected chi connectivity index (χ2v) is 21.7. The van der Waals surface area contributed by atoms with E-state index in [0.717, 1.165) is 0 Å². The van der Waals surface area contributed by atoms with Gasteiger partial charge in [-0.25, -0.2) is 0 Å². The van der Waals surface area contributed by atoms with Gasteiger partial charge >= 0.3 is 287 Å². The molecule has 0 nitrogen and oxygen atoms in total. The second kappa shape index (κ2) is 12.7. The fourth-order valence-corrected chi connectivity index (χ4v) is 19.8. The molecule has 0 fully saturated rings. The molecule has 0 spiro atoms. The Labute approximate surface area is 309 Å². The number of benzene rings is 6. The zero-order valence-corrected chi connectivity index (χ0v) is 32.8. The van der Waals surface area contributed by atoms with Gasteiger partial charge in [-0.15, -0.1) is 0 Å². The quantitative estimate of drug-likeness (QED) is 0.184. The van der Waals surface area contributed by atoms with E-state index in [4.69, 9.17) is 0 Å². The van der Waals surface area contributed by atoms with Crippen LogP contribution in [0.25, 0.3) is 54.2 Å². The van der Waals surface area contributed by atoms with Gasteiger partial charge in [0.05, 0.1) is 0 Å². The van der Waals surface area contributed by atoms with E-state index in [-0.39, 0.29) is 24.8 Å². The van der Waals surface area contributed by atoms with Crippen molar-refractivity contribution >= 4 is 40.0 Å². The minimum Gasteiger partial charge on any atom is -1.00 e. The molecule has 4 bridgehead atoms. The van der Waals surface area contributed by atoms with E-state index in [1.165, 1.54) is 56.6 Å². The van der Waals surface area contributed by atoms with E-state index < -0.39 is 31.3 Å². The number of hydrogen-bond donors (Lipinski definition) is 0. The predicted molar refractivity (Wildman–Crippen MR) is 196 cm³/mol. The molecule has 2 atom stereocenters. The third kappa shape index (κ3) is 4.85. The summed E-state index contributed by atoms with van der Waals surface area (Å²) in [6.07, 6.45) is 2.33. The van der Waals surface area contributed by atoms with Gasteiger partial charge in [-0.1, -0.05) is 0 Å². The van der Waals surface area contributed by atoms with Gasteiger partial charge in [-0.3, -0.25) is 0 Å². The summed E-state index contributed by atoms with van der Waals surface area (Å²) in [5.74, 6) is 0. The molecule has 3 aliphatic rings. The molecule has 6 aromatic rings. The first-order valence-corrected chi connectivity index (χ1v) is 22.8. The molecule has 0 aromatic heterocycles. The van der Waals surface area contributed by atoms with Crippen LogP contribution in [0.5, 0.6) is 0 Å². The number of fused-ring (bicyclic) bond motifs is 10. The van der Waals surface area contributed by atoms with E-state index in [9.17, 15) is 0 Å². The minimum absolute atomic E-state index is 0. The Bertz CT molecular complexity index is 2150. The van der Waals surface area contributed by atoms with Crippen LogP contribution in [0, 0.1) is 0 Å². The molecule has 2 unspecified atom stereocenters. The standard InChI is InChI=1S/C44H38Si.2ClH.Zr/c1-5-29-25-37-17-11-19-39(35-23-21-31-13-7-9-15-33(31)27-35)41(37)43(29)45(3,4)44-30(6-2)26-38-18-12-20-40(42(38)44)36-24-22-32-14-8-10-16-34(32)28-36;;;/h7-28H,5-6H2,1-4H3;2*1H;/q;;;+2/p-2. The van der Waals surface area contributed by atoms with Crippen molar-refractivity contribution in [3.8, 4) is 22.3 Å². The molecule has 4 heteroatoms. The van der Waals surface area contributed by atoms with Crippen molar-refractivity contribution in [3.63, 3.8) is 0 Å². The van der Waals surface area contributed by atoms with Crippen LogP contribution < -0.4 is 24.8 Å². The van der Waals surface area contributed by atoms with Crippen LogP contribution in [0.1, 0.15) is 56.2 Å². The molecule has 0 saturated heterocycles. The summed E-state index contributed by atoms with van der Waals surface area (Å²) in [4.78, 5) is 0. The van der Waals surface area contributed by atoms with Crippen molar-refractivity contribution in [2.45, 2.75) is 47.0 Å². The molecule has 1 aliphatic heterocycles. The smallest absolute Gasteiger partial charge is 1.00 e. The van der Waals surface area contributed by atoms with Gasteiger partial charge in [0.1, 0.15) is 0 Å². The number of rotatable bonds is 4. The first kappa shape index (κ1) is 33.5. The van der Waals surface area contributed by atoms with Crippen molar-refractivity contribution in [3.05, 3.63) is 155 Å². The Morgan fingerprint density at radius 2 is 0.917 bits per heavy atom. The van der Waals surface area contributed by atoms with Crippen LogP contribution in [0.15, 0.2) is 132 Å². The van der Waals surface area contributed by atoms with Crippen LogP contribution in [0.4, 0.5) is 0 Å². The zero-order chi connectivity index (χ0) is 31.2. The van der Waals surface area contributed by atoms with Crippen LogP contribution in [-0.2, 0) is 23.2 Å². The SMILES string of the molecule is CCC1=C2c3c(-c4ccc5ccccc5c4)cccc3[CH]1[Zr+2][CH]1C(CC)=C(c3c(-c4ccc5ccccc5c4)cccc31)[Si]2(C)C.[Cl-].[Cl-]. The molecular formula is C44H38Cl2SiZr. The van der Waals surface area contributed by atoms with Gasteiger partial charge in [-0.05, 0) is 0 Å². The molecule has 236 valence electrons. The molecule has 2 aliphatic carbocycles. The summed E-state index contributed by atoms with van der Waals surface area (Å²) in [7, 11) is -2.17. The van der Waals surface area contributed by atoms with Gasteiger partial charge in [0.25, 0.3) is 0 Å². The minimum atomic E-state index is -2.17. The van der Waals surface area contributed by atoms with Crippen molar-refractivity contribution in [2.75, 3.05) is 0 Å². The average molecular weight is 757 g/mol. The predicted octanol–water partition coefficient (Wildman–Crippen LogP) is 6.35. The summed E-state index contributed by atoms with van der Waals surface area (Å²) >= 11 is -0.963. The summed E-state index contributed by atoms with van der Waals surface area (Å²) < 4.78 is 1.29. The van der Waals surface area contributed by atoms with Gasteiger partial charge in [0.2, 0.25) is 0 Å². The van der Waals surface area contributed by atoms with Crippen molar-refractivity contribution in [2.24, 2.45) is 0 Å². The Kier molecular flexibility index (Phi) is 8.87. The average Bonchev–Trinajstić information content (AvgIpc) is 3.62. The van der Waals surface area contributed by atoms with Gasteiger partial charge < -0.3 is 24.8 Å². The molecule has 0 N–H and O–H groups in total. The zero-order valence-electron chi connectivity index (χ0n) is 27.9. The molecule has 0 saturated carbocycles. The topological polar surface area (TPSA) is 0 Å². The Balaban J connectivity index is 0.00000182. The summed E-state index contributed by atoms with van der Waals surface area (Å²) in [6.45, 7) is 10.3. The molecule has 6 aromatic carbocycles. The molecule has 0 radical (unpaired) electrons. The van der Waals surface area contributed by atoms with E-state index in [1.54, 1.807) is 43.8 Å². The number of allylic oxidation sites excluding steroid dienone is 2. The first-order valence-electron chi connectivity index (χ1n) is 17.0. The normalized spacial score (nSPS) is 18.2. The van der Waals surface area contributed by atoms with E-state index in [2.05, 4.69) is 148 Å². The Morgan fingerprint density at radius 3 is 1.33 bits per heavy atom. The summed E-state index contributed by atoms with van der Waals surface area (Å²) in [5, 5.41) is 8.82. The fourth-order valence-electron chi connectivity index (χ4n) is 9.22. The fraction of sp³-hybridized carbons (Fsp3) is 0.182. The summed E-state index contributed by atoms with van der Waals surface area (Å²) in [5.41, 5.74) is 15.7. The maximum Gasteiger partial charge on any atom is -1.00 e. The number of hydrogen-bond acceptors (Lipinski definition) is 0. The van der Waals surface area contributed by atoms with Crippen molar-refractivity contribution in [1.82, 2.24) is 0 Å². The molecule has 1 heterocycles. The maximum absolute atomic E-state index is 2.70. The van der Waals surface area contributed by atoms with Crippen LogP contribution in [0.2, 0.25) is 13.1 Å². The molecule has 0 amide bonds. The van der Waals surface area contributed by atoms with E-state index >= 15 is 0 Å². The van der Waals surface area contributed by atoms with Crippen molar-refractivity contribution in [1.29, 1.82) is 0 Å². The monoisotopic (exact) mass is 754 g/mol. The summed E-state index contributed by atoms with van der Waals surface area (Å²) in [6, 6.07) is 46.5. The van der Waals surface area contributed by atoms with Crippen molar-refractivity contribution < 1.29 is 48.0 Å². The largest absolute Gasteiger partial charge is 1.00 e. The van der Waals surface area contributed by atoms with Gasteiger partial charge in [0, 0.05) is 0 Å². The molecule has 48 heavy (non-hydrogen) atoms. The first-order chi connectivity index (χ1) is 22.5. The Hall–Kier alpha value is -3.00. The van der Waals surface area contributed by atoms with Crippen LogP contribution in [0.3, 0.4) is 0 Å². The third-order valence-corrected chi connectivity index (χ3v) is 19.6. The molecular weight excluding hydrogens is 719 g/mol. The van der Waals surface area contributed by atoms with E-state index in [0.29, 0.717) is 7.25 Å². The van der Waals surface area contributed by atoms with E-state index in [1.807, 2.05) is 0 Å². The van der Waals surface area contributed by atoms with Gasteiger partial charge in [-0.2, -0.15) is 0 Å². The maximum atomic E-state index is 2.70. The third-order valence-electron chi connectivity index (χ3n) is 11.1. The van der Waals surface area contributed by atoms with Crippen LogP contribution in [-0.4, -0.2) is 8.07 Å². The van der Waals surface area contributed by atoms with Crippen LogP contribution >= 0.6 is 0 Å². The Morgan fingerprint density at radius 1 is 0.500 bits per heavy atom. The van der Waals surface area contributed by atoms with Gasteiger partial charge in [0.15, 0.2) is 0 Å². The number of halogens is 2. The molecule has 9 rings (SSSR count).